The summed E-state index contributed by atoms with van der Waals surface area (Å²) in [6, 6.07) is 13.6. The van der Waals surface area contributed by atoms with Crippen LogP contribution in [0.5, 0.6) is 5.75 Å². The Morgan fingerprint density at radius 2 is 1.71 bits per heavy atom. The van der Waals surface area contributed by atoms with Crippen molar-refractivity contribution in [3.8, 4) is 5.75 Å². The van der Waals surface area contributed by atoms with E-state index in [-0.39, 0.29) is 22.9 Å². The van der Waals surface area contributed by atoms with Gasteiger partial charge < -0.3 is 10.1 Å². The number of ether oxygens (including phenoxy) is 1. The zero-order valence-electron chi connectivity index (χ0n) is 14.6. The summed E-state index contributed by atoms with van der Waals surface area (Å²) in [7, 11) is 1.56. The molecule has 0 fully saturated rings. The number of aromatic nitrogens is 4. The van der Waals surface area contributed by atoms with Crippen molar-refractivity contribution in [1.29, 1.82) is 0 Å². The van der Waals surface area contributed by atoms with Crippen LogP contribution >= 0.6 is 0 Å². The fraction of sp³-hybridized carbons (Fsp3) is 0.0556. The topological polar surface area (TPSA) is 110 Å². The summed E-state index contributed by atoms with van der Waals surface area (Å²) in [4.78, 5) is 8.63. The minimum atomic E-state index is -0.386. The standard InChI is InChI=1S/C18H14FN7O2/c1-27-14-9-5-4-8-13(14)21-15-16(23-18-17(22-15)25-28-26-18)24-20-10-11-6-2-3-7-12(11)19/h2-10H,1H3,(H,21,22,25)(H,23,24,26)/b20-10+. The Morgan fingerprint density at radius 1 is 1.00 bits per heavy atom. The van der Waals surface area contributed by atoms with Crippen LogP contribution in [0.25, 0.3) is 11.3 Å². The number of methoxy groups -OCH3 is 1. The SMILES string of the molecule is COc1ccccc1Nc1nc2nonc2nc1N/N=C/c1ccccc1F. The molecule has 0 saturated heterocycles. The van der Waals surface area contributed by atoms with Gasteiger partial charge in [-0.1, -0.05) is 30.3 Å². The van der Waals surface area contributed by atoms with Gasteiger partial charge in [0.25, 0.3) is 0 Å². The van der Waals surface area contributed by atoms with Gasteiger partial charge in [-0.2, -0.15) is 10.1 Å². The summed E-state index contributed by atoms with van der Waals surface area (Å²) in [5.74, 6) is 0.797. The Bertz CT molecular complexity index is 1150. The van der Waals surface area contributed by atoms with Crippen LogP contribution in [0.4, 0.5) is 21.7 Å². The zero-order valence-corrected chi connectivity index (χ0v) is 14.6. The molecule has 2 aromatic carbocycles. The molecule has 0 aliphatic carbocycles. The molecule has 10 heteroatoms. The first-order chi connectivity index (χ1) is 13.7. The maximum atomic E-state index is 13.7. The molecule has 140 valence electrons. The maximum Gasteiger partial charge on any atom is 0.245 e. The van der Waals surface area contributed by atoms with Crippen LogP contribution in [0.1, 0.15) is 5.56 Å². The van der Waals surface area contributed by atoms with Crippen LogP contribution < -0.4 is 15.5 Å². The molecule has 0 atom stereocenters. The normalized spacial score (nSPS) is 11.1. The zero-order chi connectivity index (χ0) is 19.3. The Labute approximate surface area is 158 Å². The number of nitrogens with one attached hydrogen (secondary N) is 2. The third-order valence-corrected chi connectivity index (χ3v) is 3.75. The molecule has 9 nitrogen and oxygen atoms in total. The number of halogens is 1. The largest absolute Gasteiger partial charge is 0.495 e. The molecular weight excluding hydrogens is 365 g/mol. The molecule has 0 aliphatic heterocycles. The summed E-state index contributed by atoms with van der Waals surface area (Å²) in [5, 5.41) is 14.5. The second-order valence-electron chi connectivity index (χ2n) is 5.55. The van der Waals surface area contributed by atoms with E-state index in [0.717, 1.165) is 0 Å². The van der Waals surface area contributed by atoms with Gasteiger partial charge in [0.2, 0.25) is 11.3 Å². The lowest BCUT2D eigenvalue weighted by Gasteiger charge is -2.12. The van der Waals surface area contributed by atoms with Gasteiger partial charge in [-0.3, -0.25) is 5.43 Å². The second kappa shape index (κ2) is 7.66. The van der Waals surface area contributed by atoms with Crippen LogP contribution in [-0.2, 0) is 0 Å². The molecule has 0 spiro atoms. The predicted octanol–water partition coefficient (Wildman–Crippen LogP) is 3.35. The van der Waals surface area contributed by atoms with Crippen molar-refractivity contribution in [3.05, 3.63) is 59.9 Å². The lowest BCUT2D eigenvalue weighted by molar-refractivity contribution is 0.314. The molecule has 0 aliphatic rings. The molecule has 0 bridgehead atoms. The van der Waals surface area contributed by atoms with Gasteiger partial charge in [0.15, 0.2) is 11.6 Å². The summed E-state index contributed by atoms with van der Waals surface area (Å²) in [6.07, 6.45) is 1.34. The number of anilines is 3. The van der Waals surface area contributed by atoms with E-state index in [0.29, 0.717) is 22.8 Å². The first-order valence-electron chi connectivity index (χ1n) is 8.18. The van der Waals surface area contributed by atoms with Crippen molar-refractivity contribution < 1.29 is 13.8 Å². The summed E-state index contributed by atoms with van der Waals surface area (Å²) < 4.78 is 23.7. The van der Waals surface area contributed by atoms with Gasteiger partial charge in [0.1, 0.15) is 11.6 Å². The molecule has 2 heterocycles. The Morgan fingerprint density at radius 3 is 2.50 bits per heavy atom. The number of rotatable bonds is 6. The Hall–Kier alpha value is -4.08. The minimum absolute atomic E-state index is 0.203. The van der Waals surface area contributed by atoms with Crippen molar-refractivity contribution in [3.63, 3.8) is 0 Å². The van der Waals surface area contributed by atoms with Crippen LogP contribution in [0.3, 0.4) is 0 Å². The van der Waals surface area contributed by atoms with E-state index < -0.39 is 0 Å². The van der Waals surface area contributed by atoms with Crippen molar-refractivity contribution in [2.75, 3.05) is 17.9 Å². The van der Waals surface area contributed by atoms with Crippen molar-refractivity contribution in [1.82, 2.24) is 20.3 Å². The van der Waals surface area contributed by atoms with E-state index in [2.05, 4.69) is 40.8 Å². The number of hydrazone groups is 1. The highest BCUT2D eigenvalue weighted by molar-refractivity contribution is 5.82. The van der Waals surface area contributed by atoms with Gasteiger partial charge in [0, 0.05) is 5.56 Å². The first kappa shape index (κ1) is 17.3. The molecule has 4 rings (SSSR count). The second-order valence-corrected chi connectivity index (χ2v) is 5.55. The monoisotopic (exact) mass is 379 g/mol. The van der Waals surface area contributed by atoms with Crippen LogP contribution in [0.15, 0.2) is 58.3 Å². The molecule has 0 radical (unpaired) electrons. The molecule has 2 aromatic heterocycles. The summed E-state index contributed by atoms with van der Waals surface area (Å²) in [6.45, 7) is 0. The summed E-state index contributed by atoms with van der Waals surface area (Å²) >= 11 is 0. The molecule has 0 saturated carbocycles. The molecular formula is C18H14FN7O2. The number of nitrogens with zero attached hydrogens (tertiary/aromatic N) is 5. The third-order valence-electron chi connectivity index (χ3n) is 3.75. The Balaban J connectivity index is 1.66. The Kier molecular flexibility index (Phi) is 4.74. The van der Waals surface area contributed by atoms with Crippen LogP contribution in [0, 0.1) is 5.82 Å². The molecule has 0 unspecified atom stereocenters. The highest BCUT2D eigenvalue weighted by Gasteiger charge is 2.14. The average Bonchev–Trinajstić information content (AvgIpc) is 3.17. The van der Waals surface area contributed by atoms with E-state index in [1.165, 1.54) is 12.3 Å². The van der Waals surface area contributed by atoms with Gasteiger partial charge >= 0.3 is 0 Å². The quantitative estimate of drug-likeness (QED) is 0.388. The number of para-hydroxylation sites is 2. The van der Waals surface area contributed by atoms with E-state index in [1.54, 1.807) is 31.4 Å². The van der Waals surface area contributed by atoms with Gasteiger partial charge in [-0.25, -0.2) is 14.0 Å². The lowest BCUT2D eigenvalue weighted by Crippen LogP contribution is -2.04. The number of hydrogen-bond donors (Lipinski definition) is 2. The van der Waals surface area contributed by atoms with E-state index in [9.17, 15) is 4.39 Å². The lowest BCUT2D eigenvalue weighted by atomic mass is 10.2. The molecule has 28 heavy (non-hydrogen) atoms. The van der Waals surface area contributed by atoms with E-state index in [1.807, 2.05) is 18.2 Å². The number of fused-ring (bicyclic) bond motifs is 1. The molecule has 2 N–H and O–H groups in total. The van der Waals surface area contributed by atoms with Gasteiger partial charge in [-0.05, 0) is 28.5 Å². The molecule has 0 amide bonds. The highest BCUT2D eigenvalue weighted by Crippen LogP contribution is 2.29. The van der Waals surface area contributed by atoms with Crippen molar-refractivity contribution in [2.24, 2.45) is 5.10 Å². The van der Waals surface area contributed by atoms with Gasteiger partial charge in [-0.15, -0.1) is 0 Å². The van der Waals surface area contributed by atoms with Crippen molar-refractivity contribution in [2.45, 2.75) is 0 Å². The number of benzene rings is 2. The highest BCUT2D eigenvalue weighted by atomic mass is 19.1. The van der Waals surface area contributed by atoms with E-state index in [4.69, 9.17) is 4.74 Å². The van der Waals surface area contributed by atoms with E-state index >= 15 is 0 Å². The van der Waals surface area contributed by atoms with Crippen LogP contribution in [-0.4, -0.2) is 33.6 Å². The van der Waals surface area contributed by atoms with Gasteiger partial charge in [0.05, 0.1) is 19.0 Å². The minimum Gasteiger partial charge on any atom is -0.495 e. The fourth-order valence-electron chi connectivity index (χ4n) is 2.42. The fourth-order valence-corrected chi connectivity index (χ4v) is 2.42. The first-order valence-corrected chi connectivity index (χ1v) is 8.18. The predicted molar refractivity (Wildman–Crippen MR) is 101 cm³/mol. The summed E-state index contributed by atoms with van der Waals surface area (Å²) in [5.41, 5.74) is 4.16. The molecule has 4 aromatic rings. The average molecular weight is 379 g/mol. The smallest absolute Gasteiger partial charge is 0.245 e. The van der Waals surface area contributed by atoms with Crippen LogP contribution in [0.2, 0.25) is 0 Å². The number of hydrogen-bond acceptors (Lipinski definition) is 9. The van der Waals surface area contributed by atoms with Crippen molar-refractivity contribution >= 4 is 34.8 Å². The maximum absolute atomic E-state index is 13.7. The third kappa shape index (κ3) is 3.56.